The van der Waals surface area contributed by atoms with Gasteiger partial charge in [0.25, 0.3) is 5.91 Å². The molecule has 30 heavy (non-hydrogen) atoms. The summed E-state index contributed by atoms with van der Waals surface area (Å²) in [4.78, 5) is 18.6. The maximum absolute atomic E-state index is 12.5. The lowest BCUT2D eigenvalue weighted by Crippen LogP contribution is -2.36. The molecule has 0 radical (unpaired) electrons. The van der Waals surface area contributed by atoms with Gasteiger partial charge in [-0.15, -0.1) is 6.58 Å². The number of carbonyl (C=O) groups is 1. The molecule has 1 aromatic carbocycles. The number of amides is 1. The van der Waals surface area contributed by atoms with Gasteiger partial charge >= 0.3 is 6.01 Å². The number of nitrogens with zero attached hydrogens (tertiary/aromatic N) is 3. The SMILES string of the molecule is C=CCF.CCCN(C[C@H](CC)c1nc(Oc2ccccc2)no1)C(=O)/C(C)=C/N. The van der Waals surface area contributed by atoms with Crippen molar-refractivity contribution in [2.45, 2.75) is 39.5 Å². The van der Waals surface area contributed by atoms with Crippen LogP contribution in [0.15, 0.2) is 59.3 Å². The lowest BCUT2D eigenvalue weighted by molar-refractivity contribution is -0.127. The van der Waals surface area contributed by atoms with Gasteiger partial charge in [0.2, 0.25) is 5.89 Å². The van der Waals surface area contributed by atoms with Gasteiger partial charge in [-0.2, -0.15) is 4.98 Å². The molecule has 7 nitrogen and oxygen atoms in total. The fourth-order valence-electron chi connectivity index (χ4n) is 2.54. The Labute approximate surface area is 177 Å². The second-order valence-electron chi connectivity index (χ2n) is 6.48. The van der Waals surface area contributed by atoms with Gasteiger partial charge in [0, 0.05) is 24.9 Å². The predicted octanol–water partition coefficient (Wildman–Crippen LogP) is 4.60. The third-order valence-corrected chi connectivity index (χ3v) is 4.14. The predicted molar refractivity (Wildman–Crippen MR) is 115 cm³/mol. The lowest BCUT2D eigenvalue weighted by Gasteiger charge is -2.25. The van der Waals surface area contributed by atoms with E-state index in [9.17, 15) is 9.18 Å². The maximum atomic E-state index is 12.5. The molecule has 0 bridgehead atoms. The Morgan fingerprint density at radius 3 is 2.57 bits per heavy atom. The third-order valence-electron chi connectivity index (χ3n) is 4.14. The summed E-state index contributed by atoms with van der Waals surface area (Å²) in [5.41, 5.74) is 6.01. The summed E-state index contributed by atoms with van der Waals surface area (Å²) < 4.78 is 21.6. The Balaban J connectivity index is 0.00000103. The Kier molecular flexibility index (Phi) is 11.5. The molecule has 0 fully saturated rings. The Hall–Kier alpha value is -3.16. The van der Waals surface area contributed by atoms with E-state index in [1.165, 1.54) is 12.3 Å². The van der Waals surface area contributed by atoms with Crippen molar-refractivity contribution in [2.24, 2.45) is 5.73 Å². The second-order valence-corrected chi connectivity index (χ2v) is 6.48. The van der Waals surface area contributed by atoms with Crippen LogP contribution in [0.5, 0.6) is 11.8 Å². The fraction of sp³-hybridized carbons (Fsp3) is 0.409. The molecule has 0 aliphatic rings. The third kappa shape index (κ3) is 8.06. The van der Waals surface area contributed by atoms with E-state index in [1.807, 2.05) is 44.2 Å². The van der Waals surface area contributed by atoms with Crippen LogP contribution in [-0.2, 0) is 4.79 Å². The zero-order chi connectivity index (χ0) is 22.4. The molecule has 0 aliphatic heterocycles. The van der Waals surface area contributed by atoms with E-state index in [0.29, 0.717) is 30.3 Å². The molecule has 8 heteroatoms. The Morgan fingerprint density at radius 2 is 2.03 bits per heavy atom. The van der Waals surface area contributed by atoms with E-state index in [-0.39, 0.29) is 17.8 Å². The molecule has 2 rings (SSSR count). The van der Waals surface area contributed by atoms with Gasteiger partial charge in [0.1, 0.15) is 12.4 Å². The average Bonchev–Trinajstić information content (AvgIpc) is 3.24. The highest BCUT2D eigenvalue weighted by Gasteiger charge is 2.24. The topological polar surface area (TPSA) is 94.5 Å². The quantitative estimate of drug-likeness (QED) is 0.448. The monoisotopic (exact) mass is 418 g/mol. The molecule has 2 N–H and O–H groups in total. The van der Waals surface area contributed by atoms with E-state index in [1.54, 1.807) is 11.8 Å². The number of rotatable bonds is 10. The molecule has 1 atom stereocenters. The van der Waals surface area contributed by atoms with Crippen LogP contribution in [0.1, 0.15) is 45.4 Å². The van der Waals surface area contributed by atoms with Gasteiger partial charge in [-0.25, -0.2) is 4.39 Å². The maximum Gasteiger partial charge on any atom is 0.359 e. The molecule has 1 amide bonds. The van der Waals surface area contributed by atoms with E-state index in [4.69, 9.17) is 15.0 Å². The summed E-state index contributed by atoms with van der Waals surface area (Å²) >= 11 is 0. The molecule has 0 saturated heterocycles. The van der Waals surface area contributed by atoms with E-state index < -0.39 is 6.67 Å². The van der Waals surface area contributed by atoms with Crippen molar-refractivity contribution in [1.29, 1.82) is 0 Å². The van der Waals surface area contributed by atoms with Crippen molar-refractivity contribution < 1.29 is 18.4 Å². The number of allylic oxidation sites excluding steroid dienone is 1. The number of hydrogen-bond acceptors (Lipinski definition) is 6. The highest BCUT2D eigenvalue weighted by Crippen LogP contribution is 2.24. The number of halogens is 1. The molecule has 2 aromatic rings. The van der Waals surface area contributed by atoms with Crippen LogP contribution < -0.4 is 10.5 Å². The lowest BCUT2D eigenvalue weighted by atomic mass is 10.1. The number of hydrogen-bond donors (Lipinski definition) is 1. The van der Waals surface area contributed by atoms with Crippen molar-refractivity contribution in [2.75, 3.05) is 19.8 Å². The first-order valence-corrected chi connectivity index (χ1v) is 9.91. The van der Waals surface area contributed by atoms with Crippen LogP contribution in [0, 0.1) is 0 Å². The first kappa shape index (κ1) is 24.9. The number of para-hydroxylation sites is 1. The normalized spacial score (nSPS) is 11.8. The minimum absolute atomic E-state index is 0.0725. The minimum Gasteiger partial charge on any atom is -0.422 e. The number of benzene rings is 1. The van der Waals surface area contributed by atoms with Gasteiger partial charge in [0.05, 0.1) is 5.92 Å². The molecule has 0 aliphatic carbocycles. The van der Waals surface area contributed by atoms with Gasteiger partial charge in [-0.1, -0.05) is 38.1 Å². The number of nitrogens with two attached hydrogens (primary N) is 1. The first-order valence-electron chi connectivity index (χ1n) is 9.91. The number of carbonyl (C=O) groups excluding carboxylic acids is 1. The van der Waals surface area contributed by atoms with Gasteiger partial charge in [-0.3, -0.25) is 4.79 Å². The number of ether oxygens (including phenoxy) is 1. The highest BCUT2D eigenvalue weighted by molar-refractivity contribution is 5.92. The Bertz CT molecular complexity index is 793. The summed E-state index contributed by atoms with van der Waals surface area (Å²) in [6.45, 7) is 9.58. The van der Waals surface area contributed by atoms with E-state index >= 15 is 0 Å². The zero-order valence-electron chi connectivity index (χ0n) is 17.9. The van der Waals surface area contributed by atoms with Gasteiger partial charge in [-0.05, 0) is 37.1 Å². The minimum atomic E-state index is -0.417. The Morgan fingerprint density at radius 1 is 1.37 bits per heavy atom. The standard InChI is InChI=1S/C19H26N4O3.C3H5F/c1-4-11-23(18(24)14(3)12-20)13-15(5-2)17-21-19(22-26-17)25-16-9-7-6-8-10-16;1-2-3-4/h6-10,12,15H,4-5,11,13,20H2,1-3H3;2H,1,3H2/b14-12+;/t15-;/m0./s1. The fourth-order valence-corrected chi connectivity index (χ4v) is 2.54. The summed E-state index contributed by atoms with van der Waals surface area (Å²) in [6.07, 6.45) is 4.16. The largest absolute Gasteiger partial charge is 0.422 e. The first-order chi connectivity index (χ1) is 14.5. The van der Waals surface area contributed by atoms with Crippen LogP contribution >= 0.6 is 0 Å². The number of aromatic nitrogens is 2. The van der Waals surface area contributed by atoms with Crippen molar-refractivity contribution in [1.82, 2.24) is 15.0 Å². The molecule has 0 saturated carbocycles. The zero-order valence-corrected chi connectivity index (χ0v) is 17.9. The smallest absolute Gasteiger partial charge is 0.359 e. The summed E-state index contributed by atoms with van der Waals surface area (Å²) in [5, 5.41) is 3.89. The molecule has 1 heterocycles. The van der Waals surface area contributed by atoms with Crippen LogP contribution in [0.3, 0.4) is 0 Å². The van der Waals surface area contributed by atoms with Crippen LogP contribution in [-0.4, -0.2) is 40.7 Å². The molecule has 1 aromatic heterocycles. The van der Waals surface area contributed by atoms with Gasteiger partial charge in [0.15, 0.2) is 0 Å². The van der Waals surface area contributed by atoms with Gasteiger partial charge < -0.3 is 19.9 Å². The second kappa shape index (κ2) is 13.9. The molecule has 164 valence electrons. The van der Waals surface area contributed by atoms with Crippen LogP contribution in [0.2, 0.25) is 0 Å². The molecule has 0 spiro atoms. The molecule has 0 unspecified atom stereocenters. The van der Waals surface area contributed by atoms with Crippen LogP contribution in [0.25, 0.3) is 0 Å². The molecular weight excluding hydrogens is 387 g/mol. The van der Waals surface area contributed by atoms with Crippen molar-refractivity contribution >= 4 is 5.91 Å². The average molecular weight is 419 g/mol. The van der Waals surface area contributed by atoms with Crippen molar-refractivity contribution in [3.63, 3.8) is 0 Å². The summed E-state index contributed by atoms with van der Waals surface area (Å²) in [5.74, 6) is 0.950. The number of alkyl halides is 1. The highest BCUT2D eigenvalue weighted by atomic mass is 19.1. The summed E-state index contributed by atoms with van der Waals surface area (Å²) in [7, 11) is 0. The van der Waals surface area contributed by atoms with Crippen molar-refractivity contribution in [3.8, 4) is 11.8 Å². The van der Waals surface area contributed by atoms with E-state index in [0.717, 1.165) is 12.8 Å². The molecular formula is C22H31FN4O3. The van der Waals surface area contributed by atoms with E-state index in [2.05, 4.69) is 16.7 Å². The van der Waals surface area contributed by atoms with Crippen molar-refractivity contribution in [3.05, 3.63) is 60.7 Å². The van der Waals surface area contributed by atoms with Crippen LogP contribution in [0.4, 0.5) is 4.39 Å². The summed E-state index contributed by atoms with van der Waals surface area (Å²) in [6, 6.07) is 9.43.